The number of halogens is 1. The number of hydrogen-bond donors (Lipinski definition) is 0. The van der Waals surface area contributed by atoms with Crippen molar-refractivity contribution in [1.29, 1.82) is 0 Å². The summed E-state index contributed by atoms with van der Waals surface area (Å²) in [5, 5.41) is 5.95. The predicted octanol–water partition coefficient (Wildman–Crippen LogP) is 3.95. The van der Waals surface area contributed by atoms with Gasteiger partial charge in [0, 0.05) is 66.2 Å². The molecule has 0 spiro atoms. The first-order chi connectivity index (χ1) is 13.6. The molecule has 0 saturated carbocycles. The van der Waals surface area contributed by atoms with E-state index in [1.807, 2.05) is 50.8 Å². The molecule has 1 aromatic carbocycles. The number of aryl methyl sites for hydroxylation is 2. The van der Waals surface area contributed by atoms with Gasteiger partial charge in [0.25, 0.3) is 0 Å². The third-order valence-corrected chi connectivity index (χ3v) is 5.36. The van der Waals surface area contributed by atoms with Gasteiger partial charge in [0.2, 0.25) is 0 Å². The Kier molecular flexibility index (Phi) is 4.02. The van der Waals surface area contributed by atoms with Gasteiger partial charge in [0.1, 0.15) is 11.6 Å². The molecule has 0 saturated heterocycles. The second-order valence-electron chi connectivity index (χ2n) is 7.16. The van der Waals surface area contributed by atoms with Gasteiger partial charge in [-0.05, 0) is 36.8 Å². The Hall–Kier alpha value is -2.99. The van der Waals surface area contributed by atoms with Crippen molar-refractivity contribution in [1.82, 2.24) is 24.7 Å². The lowest BCUT2D eigenvalue weighted by molar-refractivity contribution is 0.703. The van der Waals surface area contributed by atoms with E-state index in [-0.39, 0.29) is 0 Å². The highest BCUT2D eigenvalue weighted by molar-refractivity contribution is 6.31. The largest absolute Gasteiger partial charge is 0.351 e. The fraction of sp³-hybridized carbons (Fsp3) is 0.238. The van der Waals surface area contributed by atoms with Crippen molar-refractivity contribution in [3.05, 3.63) is 65.0 Å². The summed E-state index contributed by atoms with van der Waals surface area (Å²) in [7, 11) is 1.92. The van der Waals surface area contributed by atoms with E-state index in [1.165, 1.54) is 5.56 Å². The van der Waals surface area contributed by atoms with Crippen LogP contribution in [0.3, 0.4) is 0 Å². The molecule has 140 valence electrons. The van der Waals surface area contributed by atoms with Crippen molar-refractivity contribution in [3.8, 4) is 11.1 Å². The van der Waals surface area contributed by atoms with E-state index in [1.54, 1.807) is 4.68 Å². The maximum Gasteiger partial charge on any atom is 0.140 e. The van der Waals surface area contributed by atoms with E-state index in [9.17, 15) is 0 Å². The van der Waals surface area contributed by atoms with Gasteiger partial charge in [-0.1, -0.05) is 11.6 Å². The SMILES string of the molecule is Cc1nc(N2CCc3ncc(-c4cnn(C)c4)cc3C2)c2cc(Cl)ccc2n1. The molecule has 0 aliphatic carbocycles. The summed E-state index contributed by atoms with van der Waals surface area (Å²) < 4.78 is 1.81. The first-order valence-corrected chi connectivity index (χ1v) is 9.60. The van der Waals surface area contributed by atoms with Gasteiger partial charge in [0.05, 0.1) is 11.7 Å². The van der Waals surface area contributed by atoms with E-state index in [0.29, 0.717) is 5.02 Å². The fourth-order valence-corrected chi connectivity index (χ4v) is 3.95. The molecule has 28 heavy (non-hydrogen) atoms. The first kappa shape index (κ1) is 17.1. The molecule has 5 rings (SSSR count). The number of hydrogen-bond acceptors (Lipinski definition) is 5. The van der Waals surface area contributed by atoms with Crippen LogP contribution in [0.15, 0.2) is 42.9 Å². The number of anilines is 1. The fourth-order valence-electron chi connectivity index (χ4n) is 3.77. The Morgan fingerprint density at radius 3 is 2.79 bits per heavy atom. The Bertz CT molecular complexity index is 1200. The number of benzene rings is 1. The number of pyridine rings is 1. The molecule has 0 N–H and O–H groups in total. The molecule has 0 unspecified atom stereocenters. The minimum absolute atomic E-state index is 0.694. The van der Waals surface area contributed by atoms with Crippen molar-refractivity contribution >= 4 is 28.3 Å². The molecule has 4 heterocycles. The van der Waals surface area contributed by atoms with Crippen molar-refractivity contribution in [2.24, 2.45) is 7.05 Å². The highest BCUT2D eigenvalue weighted by Crippen LogP contribution is 2.31. The minimum Gasteiger partial charge on any atom is -0.351 e. The molecule has 0 atom stereocenters. The lowest BCUT2D eigenvalue weighted by Gasteiger charge is -2.30. The van der Waals surface area contributed by atoms with Gasteiger partial charge < -0.3 is 4.90 Å². The standard InChI is InChI=1S/C21H19ClN6/c1-13-25-20-4-3-17(22)8-18(20)21(26-13)28-6-5-19-15(12-28)7-14(9-23-19)16-10-24-27(2)11-16/h3-4,7-11H,5-6,12H2,1-2H3. The number of fused-ring (bicyclic) bond motifs is 2. The zero-order chi connectivity index (χ0) is 19.3. The summed E-state index contributed by atoms with van der Waals surface area (Å²) in [6.45, 7) is 3.55. The van der Waals surface area contributed by atoms with Crippen molar-refractivity contribution < 1.29 is 0 Å². The van der Waals surface area contributed by atoms with Gasteiger partial charge in [-0.2, -0.15) is 5.10 Å². The van der Waals surface area contributed by atoms with E-state index < -0.39 is 0 Å². The molecule has 0 radical (unpaired) electrons. The predicted molar refractivity (Wildman–Crippen MR) is 110 cm³/mol. The minimum atomic E-state index is 0.694. The summed E-state index contributed by atoms with van der Waals surface area (Å²) in [6, 6.07) is 7.99. The van der Waals surface area contributed by atoms with Gasteiger partial charge in [-0.15, -0.1) is 0 Å². The number of aromatic nitrogens is 5. The molecule has 3 aromatic heterocycles. The molecule has 6 nitrogen and oxygen atoms in total. The summed E-state index contributed by atoms with van der Waals surface area (Å²) in [6.07, 6.45) is 6.70. The van der Waals surface area contributed by atoms with Crippen molar-refractivity contribution in [3.63, 3.8) is 0 Å². The lowest BCUT2D eigenvalue weighted by Crippen LogP contribution is -2.32. The molecule has 0 amide bonds. The van der Waals surface area contributed by atoms with Crippen LogP contribution in [0, 0.1) is 6.92 Å². The highest BCUT2D eigenvalue weighted by atomic mass is 35.5. The van der Waals surface area contributed by atoms with E-state index in [0.717, 1.165) is 58.9 Å². The Morgan fingerprint density at radius 2 is 1.96 bits per heavy atom. The van der Waals surface area contributed by atoms with Crippen molar-refractivity contribution in [2.75, 3.05) is 11.4 Å². The monoisotopic (exact) mass is 390 g/mol. The summed E-state index contributed by atoms with van der Waals surface area (Å²) >= 11 is 6.25. The Balaban J connectivity index is 1.55. The van der Waals surface area contributed by atoms with E-state index in [4.69, 9.17) is 21.6 Å². The van der Waals surface area contributed by atoms with Crippen LogP contribution in [0.4, 0.5) is 5.82 Å². The normalized spacial score (nSPS) is 13.8. The average molecular weight is 391 g/mol. The average Bonchev–Trinajstić information content (AvgIpc) is 3.13. The topological polar surface area (TPSA) is 59.7 Å². The molecular weight excluding hydrogens is 372 g/mol. The van der Waals surface area contributed by atoms with Gasteiger partial charge in [-0.3, -0.25) is 9.67 Å². The van der Waals surface area contributed by atoms with Gasteiger partial charge >= 0.3 is 0 Å². The first-order valence-electron chi connectivity index (χ1n) is 9.22. The van der Waals surface area contributed by atoms with E-state index in [2.05, 4.69) is 21.0 Å². The van der Waals surface area contributed by atoms with Gasteiger partial charge in [-0.25, -0.2) is 9.97 Å². The molecule has 1 aliphatic rings. The van der Waals surface area contributed by atoms with Crippen LogP contribution in [0.5, 0.6) is 0 Å². The van der Waals surface area contributed by atoms with E-state index >= 15 is 0 Å². The third kappa shape index (κ3) is 2.99. The van der Waals surface area contributed by atoms with Crippen LogP contribution in [-0.4, -0.2) is 31.3 Å². The molecule has 4 aromatic rings. The smallest absolute Gasteiger partial charge is 0.140 e. The van der Waals surface area contributed by atoms with Crippen LogP contribution < -0.4 is 4.90 Å². The van der Waals surface area contributed by atoms with Crippen LogP contribution in [-0.2, 0) is 20.0 Å². The summed E-state index contributed by atoms with van der Waals surface area (Å²) in [5.41, 5.74) is 5.45. The zero-order valence-electron chi connectivity index (χ0n) is 15.7. The maximum atomic E-state index is 6.25. The number of rotatable bonds is 2. The Morgan fingerprint density at radius 1 is 1.07 bits per heavy atom. The van der Waals surface area contributed by atoms with Crippen LogP contribution >= 0.6 is 11.6 Å². The number of nitrogens with zero attached hydrogens (tertiary/aromatic N) is 6. The van der Waals surface area contributed by atoms with Crippen molar-refractivity contribution in [2.45, 2.75) is 19.9 Å². The Labute approximate surface area is 167 Å². The quantitative estimate of drug-likeness (QED) is 0.518. The van der Waals surface area contributed by atoms with Crippen LogP contribution in [0.2, 0.25) is 5.02 Å². The van der Waals surface area contributed by atoms with Crippen LogP contribution in [0.25, 0.3) is 22.0 Å². The molecular formula is C21H19ClN6. The maximum absolute atomic E-state index is 6.25. The summed E-state index contributed by atoms with van der Waals surface area (Å²) in [4.78, 5) is 16.3. The van der Waals surface area contributed by atoms with Gasteiger partial charge in [0.15, 0.2) is 0 Å². The molecule has 0 fully saturated rings. The zero-order valence-corrected chi connectivity index (χ0v) is 16.5. The molecule has 0 bridgehead atoms. The molecule has 1 aliphatic heterocycles. The van der Waals surface area contributed by atoms with Crippen LogP contribution in [0.1, 0.15) is 17.1 Å². The summed E-state index contributed by atoms with van der Waals surface area (Å²) in [5.74, 6) is 1.69. The lowest BCUT2D eigenvalue weighted by atomic mass is 10.0. The molecule has 7 heteroatoms. The highest BCUT2D eigenvalue weighted by Gasteiger charge is 2.22. The second-order valence-corrected chi connectivity index (χ2v) is 7.60. The third-order valence-electron chi connectivity index (χ3n) is 5.13. The second kappa shape index (κ2) is 6.56.